The van der Waals surface area contributed by atoms with E-state index in [1.807, 2.05) is 19.9 Å². The number of aliphatic hydroxyl groups is 1. The zero-order valence-corrected chi connectivity index (χ0v) is 17.2. The molecule has 1 unspecified atom stereocenters. The maximum absolute atomic E-state index is 13.1. The number of nitrogens with zero attached hydrogens (tertiary/aromatic N) is 2. The second kappa shape index (κ2) is 8.44. The molecule has 1 amide bonds. The summed E-state index contributed by atoms with van der Waals surface area (Å²) >= 11 is 0. The Labute approximate surface area is 180 Å². The van der Waals surface area contributed by atoms with Gasteiger partial charge in [0, 0.05) is 23.6 Å². The van der Waals surface area contributed by atoms with E-state index in [0.717, 1.165) is 0 Å². The van der Waals surface area contributed by atoms with Crippen molar-refractivity contribution in [3.63, 3.8) is 0 Å². The summed E-state index contributed by atoms with van der Waals surface area (Å²) in [4.78, 5) is 31.6. The third-order valence-electron chi connectivity index (χ3n) is 4.98. The maximum atomic E-state index is 13.1. The number of ether oxygens (including phenoxy) is 1. The summed E-state index contributed by atoms with van der Waals surface area (Å²) in [5, 5.41) is 11.2. The largest absolute Gasteiger partial charge is 0.507 e. The summed E-state index contributed by atoms with van der Waals surface area (Å²) < 4.78 is 5.71. The van der Waals surface area contributed by atoms with Crippen LogP contribution in [-0.2, 0) is 9.59 Å². The number of rotatable bonds is 5. The summed E-state index contributed by atoms with van der Waals surface area (Å²) in [5.41, 5.74) is 1.68. The lowest BCUT2D eigenvalue weighted by atomic mass is 9.95. The molecule has 6 heteroatoms. The number of para-hydroxylation sites is 1. The van der Waals surface area contributed by atoms with E-state index in [1.54, 1.807) is 73.1 Å². The number of hydrogen-bond donors (Lipinski definition) is 1. The highest BCUT2D eigenvalue weighted by Gasteiger charge is 2.46. The predicted octanol–water partition coefficient (Wildman–Crippen LogP) is 4.50. The van der Waals surface area contributed by atoms with Crippen LogP contribution >= 0.6 is 0 Å². The van der Waals surface area contributed by atoms with Gasteiger partial charge in [0.15, 0.2) is 0 Å². The second-order valence-electron chi connectivity index (χ2n) is 7.48. The second-order valence-corrected chi connectivity index (χ2v) is 7.48. The zero-order chi connectivity index (χ0) is 22.0. The molecule has 2 heterocycles. The summed E-state index contributed by atoms with van der Waals surface area (Å²) in [6.07, 6.45) is 3.15. The van der Waals surface area contributed by atoms with E-state index in [0.29, 0.717) is 22.6 Å². The van der Waals surface area contributed by atoms with Crippen LogP contribution in [0.5, 0.6) is 5.75 Å². The van der Waals surface area contributed by atoms with Crippen LogP contribution in [0.25, 0.3) is 5.76 Å². The zero-order valence-electron chi connectivity index (χ0n) is 17.2. The van der Waals surface area contributed by atoms with E-state index in [1.165, 1.54) is 4.90 Å². The highest BCUT2D eigenvalue weighted by atomic mass is 16.5. The van der Waals surface area contributed by atoms with Crippen molar-refractivity contribution < 1.29 is 19.4 Å². The van der Waals surface area contributed by atoms with E-state index in [2.05, 4.69) is 4.98 Å². The smallest absolute Gasteiger partial charge is 0.300 e. The molecule has 0 bridgehead atoms. The molecule has 1 aliphatic rings. The van der Waals surface area contributed by atoms with Crippen LogP contribution in [0.1, 0.15) is 31.0 Å². The molecule has 4 rings (SSSR count). The van der Waals surface area contributed by atoms with Gasteiger partial charge in [-0.05, 0) is 55.8 Å². The Morgan fingerprint density at radius 3 is 2.39 bits per heavy atom. The van der Waals surface area contributed by atoms with Crippen LogP contribution in [0.15, 0.2) is 84.7 Å². The Hall–Kier alpha value is -3.93. The Morgan fingerprint density at radius 2 is 1.71 bits per heavy atom. The predicted molar refractivity (Wildman–Crippen MR) is 118 cm³/mol. The van der Waals surface area contributed by atoms with Crippen molar-refractivity contribution >= 4 is 23.1 Å². The molecule has 156 valence electrons. The fourth-order valence-corrected chi connectivity index (χ4v) is 3.69. The molecule has 0 saturated carbocycles. The van der Waals surface area contributed by atoms with Crippen molar-refractivity contribution in [2.24, 2.45) is 0 Å². The Bertz CT molecular complexity index is 1140. The van der Waals surface area contributed by atoms with E-state index < -0.39 is 17.7 Å². The molecule has 0 spiro atoms. The molecule has 1 aromatic heterocycles. The minimum absolute atomic E-state index is 0.0294. The Kier molecular flexibility index (Phi) is 5.54. The van der Waals surface area contributed by atoms with Crippen molar-refractivity contribution in [3.05, 3.63) is 95.8 Å². The lowest BCUT2D eigenvalue weighted by Gasteiger charge is -2.25. The lowest BCUT2D eigenvalue weighted by molar-refractivity contribution is -0.132. The highest BCUT2D eigenvalue weighted by molar-refractivity contribution is 6.51. The van der Waals surface area contributed by atoms with Crippen LogP contribution in [0.4, 0.5) is 5.69 Å². The first-order valence-electron chi connectivity index (χ1n) is 10.0. The third kappa shape index (κ3) is 3.92. The number of carbonyl (C=O) groups excluding carboxylic acids is 2. The van der Waals surface area contributed by atoms with Crippen LogP contribution in [-0.4, -0.2) is 27.9 Å². The molecular weight excluding hydrogens is 392 g/mol. The molecule has 1 saturated heterocycles. The molecule has 1 fully saturated rings. The van der Waals surface area contributed by atoms with Gasteiger partial charge >= 0.3 is 0 Å². The molecule has 2 aromatic carbocycles. The van der Waals surface area contributed by atoms with E-state index in [-0.39, 0.29) is 17.4 Å². The summed E-state index contributed by atoms with van der Waals surface area (Å²) in [7, 11) is 0. The van der Waals surface area contributed by atoms with Crippen LogP contribution in [0.2, 0.25) is 0 Å². The van der Waals surface area contributed by atoms with Gasteiger partial charge in [-0.3, -0.25) is 19.5 Å². The number of benzene rings is 2. The lowest BCUT2D eigenvalue weighted by Crippen LogP contribution is -2.29. The SMILES string of the molecule is CC(C)Oc1cccc(/C(O)=C2/C(=O)C(=O)N(c3ccccc3)C2c2ccncc2)c1. The maximum Gasteiger partial charge on any atom is 0.300 e. The number of anilines is 1. The quantitative estimate of drug-likeness (QED) is 0.378. The van der Waals surface area contributed by atoms with Gasteiger partial charge in [-0.25, -0.2) is 0 Å². The van der Waals surface area contributed by atoms with Crippen molar-refractivity contribution in [2.75, 3.05) is 4.90 Å². The average molecular weight is 414 g/mol. The summed E-state index contributed by atoms with van der Waals surface area (Å²) in [6.45, 7) is 3.81. The van der Waals surface area contributed by atoms with Crippen molar-refractivity contribution in [2.45, 2.75) is 26.0 Å². The fraction of sp³-hybridized carbons (Fsp3) is 0.160. The van der Waals surface area contributed by atoms with Gasteiger partial charge in [0.1, 0.15) is 11.5 Å². The van der Waals surface area contributed by atoms with Gasteiger partial charge in [-0.15, -0.1) is 0 Å². The Balaban J connectivity index is 1.89. The van der Waals surface area contributed by atoms with Crippen LogP contribution < -0.4 is 9.64 Å². The molecule has 1 aliphatic heterocycles. The van der Waals surface area contributed by atoms with Crippen molar-refractivity contribution in [3.8, 4) is 5.75 Å². The van der Waals surface area contributed by atoms with E-state index in [9.17, 15) is 14.7 Å². The number of ketones is 1. The first-order chi connectivity index (χ1) is 15.0. The van der Waals surface area contributed by atoms with Crippen LogP contribution in [0.3, 0.4) is 0 Å². The molecule has 0 aliphatic carbocycles. The first kappa shape index (κ1) is 20.3. The molecule has 0 radical (unpaired) electrons. The Morgan fingerprint density at radius 1 is 1.00 bits per heavy atom. The number of amides is 1. The topological polar surface area (TPSA) is 79.7 Å². The minimum atomic E-state index is -0.778. The van der Waals surface area contributed by atoms with Gasteiger partial charge in [0.25, 0.3) is 11.7 Å². The number of Topliss-reactive ketones (excluding diaryl/α,β-unsaturated/α-hetero) is 1. The number of pyridine rings is 1. The standard InChI is InChI=1S/C25H22N2O4/c1-16(2)31-20-10-6-7-18(15-20)23(28)21-22(17-11-13-26-14-12-17)27(25(30)24(21)29)19-8-4-3-5-9-19/h3-16,22,28H,1-2H3/b23-21-. The van der Waals surface area contributed by atoms with Crippen molar-refractivity contribution in [1.29, 1.82) is 0 Å². The molecule has 1 N–H and O–H groups in total. The first-order valence-corrected chi connectivity index (χ1v) is 10.0. The number of aromatic nitrogens is 1. The van der Waals surface area contributed by atoms with Gasteiger partial charge in [-0.1, -0.05) is 30.3 Å². The fourth-order valence-electron chi connectivity index (χ4n) is 3.69. The monoisotopic (exact) mass is 414 g/mol. The normalized spacial score (nSPS) is 17.9. The van der Waals surface area contributed by atoms with Gasteiger partial charge in [0.05, 0.1) is 17.7 Å². The number of hydrogen-bond acceptors (Lipinski definition) is 5. The van der Waals surface area contributed by atoms with Gasteiger partial charge in [-0.2, -0.15) is 0 Å². The van der Waals surface area contributed by atoms with E-state index in [4.69, 9.17) is 4.74 Å². The summed E-state index contributed by atoms with van der Waals surface area (Å²) in [5.74, 6) is -1.10. The third-order valence-corrected chi connectivity index (χ3v) is 4.98. The number of aliphatic hydroxyl groups excluding tert-OH is 1. The van der Waals surface area contributed by atoms with Crippen LogP contribution in [0, 0.1) is 0 Å². The summed E-state index contributed by atoms with van der Waals surface area (Å²) in [6, 6.07) is 18.5. The molecule has 6 nitrogen and oxygen atoms in total. The van der Waals surface area contributed by atoms with Gasteiger partial charge in [0.2, 0.25) is 0 Å². The average Bonchev–Trinajstić information content (AvgIpc) is 3.05. The molecule has 1 atom stereocenters. The number of carbonyl (C=O) groups is 2. The minimum Gasteiger partial charge on any atom is -0.507 e. The van der Waals surface area contributed by atoms with Gasteiger partial charge < -0.3 is 9.84 Å². The molecule has 31 heavy (non-hydrogen) atoms. The highest BCUT2D eigenvalue weighted by Crippen LogP contribution is 2.42. The molecular formula is C25H22N2O4. The van der Waals surface area contributed by atoms with E-state index >= 15 is 0 Å². The molecule has 3 aromatic rings. The van der Waals surface area contributed by atoms with Crippen molar-refractivity contribution in [1.82, 2.24) is 4.98 Å².